The number of fused-ring (bicyclic) bond motifs is 1. The van der Waals surface area contributed by atoms with Crippen LogP contribution >= 0.6 is 0 Å². The highest BCUT2D eigenvalue weighted by molar-refractivity contribution is 6.28. The lowest BCUT2D eigenvalue weighted by Crippen LogP contribution is -2.14. The predicted molar refractivity (Wildman–Crippen MR) is 173 cm³/mol. The Bertz CT molecular complexity index is 2240. The van der Waals surface area contributed by atoms with Crippen LogP contribution in [0.2, 0.25) is 0 Å². The van der Waals surface area contributed by atoms with Crippen LogP contribution in [0.4, 0.5) is 34.1 Å². The Morgan fingerprint density at radius 1 is 0.690 bits per heavy atom. The number of para-hydroxylation sites is 2. The number of benzene rings is 7. The van der Waals surface area contributed by atoms with Crippen molar-refractivity contribution in [1.82, 2.24) is 0 Å². The lowest BCUT2D eigenvalue weighted by molar-refractivity contribution is 1.00. The lowest BCUT2D eigenvalue weighted by Gasteiger charge is -2.28. The Kier molecular flexibility index (Phi) is 5.36. The third-order valence-electron chi connectivity index (χ3n) is 8.52. The molecule has 4 nitrogen and oxygen atoms in total. The first-order valence-corrected chi connectivity index (χ1v) is 14.1. The highest BCUT2D eigenvalue weighted by Gasteiger charge is 2.25. The normalized spacial score (nSPS) is 12.5. The summed E-state index contributed by atoms with van der Waals surface area (Å²) in [6.07, 6.45) is 0.962. The number of rotatable bonds is 4. The minimum Gasteiger partial charge on any atom is -0.342 e. The quantitative estimate of drug-likeness (QED) is 0.166. The molecule has 0 amide bonds. The fraction of sp³-hybridized carbons (Fsp3) is 0.0526. The minimum absolute atomic E-state index is 0.626. The maximum absolute atomic E-state index is 10.0. The van der Waals surface area contributed by atoms with Crippen LogP contribution in [-0.4, -0.2) is 6.54 Å². The van der Waals surface area contributed by atoms with Gasteiger partial charge in [-0.2, -0.15) is 5.26 Å². The molecule has 4 heteroatoms. The Morgan fingerprint density at radius 3 is 2.21 bits per heavy atom. The van der Waals surface area contributed by atoms with Crippen LogP contribution in [0.3, 0.4) is 0 Å². The van der Waals surface area contributed by atoms with E-state index in [2.05, 4.69) is 87.4 Å². The number of nitriles is 1. The van der Waals surface area contributed by atoms with E-state index >= 15 is 0 Å². The Labute approximate surface area is 244 Å². The summed E-state index contributed by atoms with van der Waals surface area (Å²) in [4.78, 5) is 8.27. The van der Waals surface area contributed by atoms with Gasteiger partial charge < -0.3 is 9.80 Å². The molecule has 0 saturated carbocycles. The second kappa shape index (κ2) is 9.37. The summed E-state index contributed by atoms with van der Waals surface area (Å²) >= 11 is 0. The first-order valence-electron chi connectivity index (χ1n) is 14.1. The fourth-order valence-electron chi connectivity index (χ4n) is 6.64. The van der Waals surface area contributed by atoms with Crippen LogP contribution in [0.1, 0.15) is 11.1 Å². The molecule has 0 fully saturated rings. The van der Waals surface area contributed by atoms with Crippen molar-refractivity contribution < 1.29 is 0 Å². The SMILES string of the molecule is [C-]#[N+]c1ccc2c(c1)N(c1ccc3ccc4c(N(c5ccccc5)c5ccccc5C#N)ccc5ccc1c3c54)CC2. The van der Waals surface area contributed by atoms with Crippen molar-refractivity contribution in [3.63, 3.8) is 0 Å². The van der Waals surface area contributed by atoms with Crippen LogP contribution in [0, 0.1) is 17.9 Å². The van der Waals surface area contributed by atoms with E-state index in [9.17, 15) is 5.26 Å². The molecule has 7 aromatic rings. The van der Waals surface area contributed by atoms with E-state index in [0.29, 0.717) is 11.3 Å². The molecule has 0 spiro atoms. The Morgan fingerprint density at radius 2 is 1.40 bits per heavy atom. The zero-order valence-corrected chi connectivity index (χ0v) is 22.8. The van der Waals surface area contributed by atoms with Gasteiger partial charge in [0.15, 0.2) is 5.69 Å². The molecule has 0 aromatic heterocycles. The fourth-order valence-corrected chi connectivity index (χ4v) is 6.64. The van der Waals surface area contributed by atoms with Gasteiger partial charge in [-0.3, -0.25) is 0 Å². The van der Waals surface area contributed by atoms with Crippen molar-refractivity contribution in [3.05, 3.63) is 144 Å². The smallest absolute Gasteiger partial charge is 0.189 e. The molecule has 0 bridgehead atoms. The largest absolute Gasteiger partial charge is 0.342 e. The summed E-state index contributed by atoms with van der Waals surface area (Å²) < 4.78 is 0. The van der Waals surface area contributed by atoms with Crippen molar-refractivity contribution in [2.45, 2.75) is 6.42 Å². The van der Waals surface area contributed by atoms with E-state index in [0.717, 1.165) is 46.8 Å². The molecule has 1 aliphatic heterocycles. The average molecular weight is 537 g/mol. The topological polar surface area (TPSA) is 34.6 Å². The summed E-state index contributed by atoms with van der Waals surface area (Å²) in [6.45, 7) is 8.43. The Hall–Kier alpha value is -5.84. The van der Waals surface area contributed by atoms with Gasteiger partial charge in [-0.1, -0.05) is 78.9 Å². The van der Waals surface area contributed by atoms with E-state index in [4.69, 9.17) is 6.57 Å². The molecular weight excluding hydrogens is 512 g/mol. The summed E-state index contributed by atoms with van der Waals surface area (Å²) in [6, 6.07) is 44.2. The molecule has 1 heterocycles. The van der Waals surface area contributed by atoms with Gasteiger partial charge in [0.25, 0.3) is 0 Å². The van der Waals surface area contributed by atoms with E-state index < -0.39 is 0 Å². The molecular formula is C38H24N4. The standard InChI is InChI=1S/C38H24N4/c1-40-29-16-11-25-21-22-41(36(25)23-29)34-19-14-26-13-18-32-35(20-15-27-12-17-31(34)37(26)38(27)32)42(30-8-3-2-4-9-30)33-10-6-5-7-28(33)24-39/h2-20,23H,21-22H2. The highest BCUT2D eigenvalue weighted by atomic mass is 15.2. The first-order chi connectivity index (χ1) is 20.7. The van der Waals surface area contributed by atoms with Crippen molar-refractivity contribution >= 4 is 66.4 Å². The maximum Gasteiger partial charge on any atom is 0.189 e. The van der Waals surface area contributed by atoms with Crippen LogP contribution in [0.5, 0.6) is 0 Å². The average Bonchev–Trinajstić information content (AvgIpc) is 3.48. The van der Waals surface area contributed by atoms with Crippen molar-refractivity contribution in [1.29, 1.82) is 5.26 Å². The van der Waals surface area contributed by atoms with Gasteiger partial charge in [0.05, 0.1) is 23.5 Å². The van der Waals surface area contributed by atoms with Gasteiger partial charge in [0.2, 0.25) is 0 Å². The second-order valence-electron chi connectivity index (χ2n) is 10.7. The monoisotopic (exact) mass is 536 g/mol. The number of hydrogen-bond donors (Lipinski definition) is 0. The summed E-state index contributed by atoms with van der Waals surface area (Å²) in [7, 11) is 0. The van der Waals surface area contributed by atoms with E-state index in [1.807, 2.05) is 54.6 Å². The zero-order chi connectivity index (χ0) is 28.2. The van der Waals surface area contributed by atoms with Crippen molar-refractivity contribution in [2.75, 3.05) is 16.3 Å². The van der Waals surface area contributed by atoms with Crippen LogP contribution in [0.15, 0.2) is 121 Å². The second-order valence-corrected chi connectivity index (χ2v) is 10.7. The van der Waals surface area contributed by atoms with Crippen LogP contribution in [-0.2, 0) is 6.42 Å². The number of nitrogens with zero attached hydrogens (tertiary/aromatic N) is 4. The molecule has 0 aliphatic carbocycles. The van der Waals surface area contributed by atoms with Crippen LogP contribution in [0.25, 0.3) is 37.2 Å². The summed E-state index contributed by atoms with van der Waals surface area (Å²) in [5.74, 6) is 0. The van der Waals surface area contributed by atoms with E-state index in [1.54, 1.807) is 0 Å². The molecule has 0 saturated heterocycles. The number of hydrogen-bond acceptors (Lipinski definition) is 3. The molecule has 0 radical (unpaired) electrons. The van der Waals surface area contributed by atoms with Gasteiger partial charge in [0, 0.05) is 34.4 Å². The zero-order valence-electron chi connectivity index (χ0n) is 22.8. The predicted octanol–water partition coefficient (Wildman–Crippen LogP) is 10.2. The summed E-state index contributed by atoms with van der Waals surface area (Å²) in [5, 5.41) is 17.2. The van der Waals surface area contributed by atoms with Crippen molar-refractivity contribution in [3.8, 4) is 6.07 Å². The first kappa shape index (κ1) is 24.0. The van der Waals surface area contributed by atoms with Crippen LogP contribution < -0.4 is 9.80 Å². The molecule has 8 rings (SSSR count). The van der Waals surface area contributed by atoms with Gasteiger partial charge >= 0.3 is 0 Å². The number of anilines is 5. The molecule has 7 aromatic carbocycles. The third kappa shape index (κ3) is 3.53. The van der Waals surface area contributed by atoms with Gasteiger partial charge in [-0.15, -0.1) is 0 Å². The van der Waals surface area contributed by atoms with Gasteiger partial charge in [-0.05, 0) is 76.0 Å². The maximum atomic E-state index is 10.0. The molecule has 0 unspecified atom stereocenters. The molecule has 196 valence electrons. The van der Waals surface area contributed by atoms with E-state index in [-0.39, 0.29) is 0 Å². The Balaban J connectivity index is 1.40. The van der Waals surface area contributed by atoms with E-state index in [1.165, 1.54) is 32.5 Å². The molecule has 1 aliphatic rings. The molecule has 42 heavy (non-hydrogen) atoms. The van der Waals surface area contributed by atoms with Gasteiger partial charge in [-0.25, -0.2) is 4.85 Å². The highest BCUT2D eigenvalue weighted by Crippen LogP contribution is 2.47. The minimum atomic E-state index is 0.626. The third-order valence-corrected chi connectivity index (χ3v) is 8.52. The van der Waals surface area contributed by atoms with Gasteiger partial charge in [0.1, 0.15) is 6.07 Å². The molecule has 0 atom stereocenters. The summed E-state index contributed by atoms with van der Waals surface area (Å²) in [5.41, 5.74) is 7.75. The lowest BCUT2D eigenvalue weighted by atomic mass is 9.92. The van der Waals surface area contributed by atoms with Crippen molar-refractivity contribution in [2.24, 2.45) is 0 Å². The molecule has 0 N–H and O–H groups in total.